The zero-order valence-corrected chi connectivity index (χ0v) is 10.3. The van der Waals surface area contributed by atoms with Crippen molar-refractivity contribution in [2.75, 3.05) is 19.8 Å². The first-order valence-electron chi connectivity index (χ1n) is 6.02. The van der Waals surface area contributed by atoms with Crippen molar-refractivity contribution in [2.24, 2.45) is 10.9 Å². The number of ether oxygens (including phenoxy) is 1. The van der Waals surface area contributed by atoms with Crippen LogP contribution in [0, 0.1) is 0 Å². The summed E-state index contributed by atoms with van der Waals surface area (Å²) in [4.78, 5) is 13.7. The number of oxime groups is 1. The Morgan fingerprint density at radius 1 is 1.53 bits per heavy atom. The Labute approximate surface area is 101 Å². The molecule has 17 heavy (non-hydrogen) atoms. The Morgan fingerprint density at radius 2 is 2.24 bits per heavy atom. The lowest BCUT2D eigenvalue weighted by Crippen LogP contribution is -2.36. The third kappa shape index (κ3) is 5.04. The van der Waals surface area contributed by atoms with E-state index in [9.17, 15) is 4.79 Å². The molecule has 1 aliphatic carbocycles. The molecule has 3 N–H and O–H groups in total. The van der Waals surface area contributed by atoms with Crippen molar-refractivity contribution in [1.82, 2.24) is 4.90 Å². The van der Waals surface area contributed by atoms with E-state index in [2.05, 4.69) is 5.16 Å². The van der Waals surface area contributed by atoms with E-state index in [1.807, 2.05) is 11.8 Å². The van der Waals surface area contributed by atoms with E-state index in [1.165, 1.54) is 0 Å². The molecule has 0 aliphatic heterocycles. The van der Waals surface area contributed by atoms with E-state index in [1.54, 1.807) is 0 Å². The number of hydrogen-bond acceptors (Lipinski definition) is 4. The zero-order valence-electron chi connectivity index (χ0n) is 10.3. The summed E-state index contributed by atoms with van der Waals surface area (Å²) in [5, 5.41) is 11.4. The van der Waals surface area contributed by atoms with Gasteiger partial charge in [-0.2, -0.15) is 0 Å². The van der Waals surface area contributed by atoms with Gasteiger partial charge in [-0.05, 0) is 19.8 Å². The first kappa shape index (κ1) is 13.8. The molecule has 1 fully saturated rings. The van der Waals surface area contributed by atoms with Crippen LogP contribution in [-0.2, 0) is 9.53 Å². The van der Waals surface area contributed by atoms with Crippen LogP contribution in [0.2, 0.25) is 0 Å². The fourth-order valence-electron chi connectivity index (χ4n) is 1.63. The first-order chi connectivity index (χ1) is 8.19. The van der Waals surface area contributed by atoms with Crippen LogP contribution in [-0.4, -0.2) is 47.7 Å². The second kappa shape index (κ2) is 7.11. The van der Waals surface area contributed by atoms with Crippen LogP contribution in [0.25, 0.3) is 0 Å². The maximum Gasteiger partial charge on any atom is 0.225 e. The molecular weight excluding hydrogens is 222 g/mol. The van der Waals surface area contributed by atoms with Crippen LogP contribution in [0.3, 0.4) is 0 Å². The number of nitrogens with zero attached hydrogens (tertiary/aromatic N) is 2. The predicted octanol–water partition coefficient (Wildman–Crippen LogP) is 0.541. The minimum atomic E-state index is 0.0895. The van der Waals surface area contributed by atoms with Crippen LogP contribution in [0.5, 0.6) is 0 Å². The largest absolute Gasteiger partial charge is 0.409 e. The van der Waals surface area contributed by atoms with Gasteiger partial charge in [0.05, 0.1) is 13.0 Å². The highest BCUT2D eigenvalue weighted by Gasteiger charge is 2.31. The van der Waals surface area contributed by atoms with Gasteiger partial charge in [-0.1, -0.05) is 5.16 Å². The number of nitrogens with two attached hydrogens (primary N) is 1. The number of hydrogen-bond donors (Lipinski definition) is 2. The molecule has 0 bridgehead atoms. The van der Waals surface area contributed by atoms with Crippen molar-refractivity contribution in [2.45, 2.75) is 38.6 Å². The smallest absolute Gasteiger partial charge is 0.225 e. The van der Waals surface area contributed by atoms with Crippen molar-refractivity contribution < 1.29 is 14.7 Å². The molecule has 1 aliphatic rings. The van der Waals surface area contributed by atoms with Gasteiger partial charge in [-0.15, -0.1) is 0 Å². The van der Waals surface area contributed by atoms with Crippen molar-refractivity contribution in [1.29, 1.82) is 0 Å². The highest BCUT2D eigenvalue weighted by atomic mass is 16.5. The molecule has 0 aromatic heterocycles. The van der Waals surface area contributed by atoms with Gasteiger partial charge in [0.1, 0.15) is 5.84 Å². The van der Waals surface area contributed by atoms with Crippen LogP contribution < -0.4 is 5.73 Å². The van der Waals surface area contributed by atoms with E-state index in [4.69, 9.17) is 15.7 Å². The standard InChI is InChI=1S/C11H21N3O3/c1-2-17-8-6-11(15)14(9-3-4-9)7-5-10(12)13-16/h9,16H,2-8H2,1H3,(H2,12,13). The second-order valence-electron chi connectivity index (χ2n) is 4.11. The molecule has 0 unspecified atom stereocenters. The summed E-state index contributed by atoms with van der Waals surface area (Å²) in [7, 11) is 0. The van der Waals surface area contributed by atoms with Gasteiger partial charge in [0.25, 0.3) is 0 Å². The van der Waals surface area contributed by atoms with Gasteiger partial charge in [-0.3, -0.25) is 4.79 Å². The highest BCUT2D eigenvalue weighted by molar-refractivity contribution is 5.81. The van der Waals surface area contributed by atoms with Crippen LogP contribution >= 0.6 is 0 Å². The minimum Gasteiger partial charge on any atom is -0.409 e. The molecule has 0 heterocycles. The Balaban J connectivity index is 2.34. The predicted molar refractivity (Wildman–Crippen MR) is 63.9 cm³/mol. The van der Waals surface area contributed by atoms with Crippen LogP contribution in [0.1, 0.15) is 32.6 Å². The van der Waals surface area contributed by atoms with Crippen LogP contribution in [0.15, 0.2) is 5.16 Å². The molecule has 6 nitrogen and oxygen atoms in total. The third-order valence-corrected chi connectivity index (χ3v) is 2.71. The fraction of sp³-hybridized carbons (Fsp3) is 0.818. The summed E-state index contributed by atoms with van der Waals surface area (Å²) >= 11 is 0. The molecule has 0 aromatic carbocycles. The average Bonchev–Trinajstić information content (AvgIpc) is 3.13. The van der Waals surface area contributed by atoms with E-state index in [0.717, 1.165) is 12.8 Å². The van der Waals surface area contributed by atoms with Crippen molar-refractivity contribution in [3.8, 4) is 0 Å². The molecule has 1 rings (SSSR count). The lowest BCUT2D eigenvalue weighted by molar-refractivity contribution is -0.132. The first-order valence-corrected chi connectivity index (χ1v) is 6.02. The van der Waals surface area contributed by atoms with Gasteiger partial charge in [0, 0.05) is 25.6 Å². The molecular formula is C11H21N3O3. The van der Waals surface area contributed by atoms with E-state index in [0.29, 0.717) is 38.6 Å². The molecule has 98 valence electrons. The van der Waals surface area contributed by atoms with Crippen molar-refractivity contribution in [3.05, 3.63) is 0 Å². The zero-order chi connectivity index (χ0) is 12.7. The fourth-order valence-corrected chi connectivity index (χ4v) is 1.63. The Bertz CT molecular complexity index is 277. The lowest BCUT2D eigenvalue weighted by Gasteiger charge is -2.22. The average molecular weight is 243 g/mol. The Kier molecular flexibility index (Phi) is 5.76. The minimum absolute atomic E-state index is 0.0895. The number of carbonyl (C=O) groups is 1. The SMILES string of the molecule is CCOCCC(=O)N(CCC(N)=NO)C1CC1. The summed E-state index contributed by atoms with van der Waals surface area (Å²) < 4.78 is 5.17. The quantitative estimate of drug-likeness (QED) is 0.214. The molecule has 0 aromatic rings. The van der Waals surface area contributed by atoms with Gasteiger partial charge in [-0.25, -0.2) is 0 Å². The third-order valence-electron chi connectivity index (χ3n) is 2.71. The Morgan fingerprint density at radius 3 is 2.76 bits per heavy atom. The topological polar surface area (TPSA) is 88.2 Å². The molecule has 0 saturated heterocycles. The number of amidine groups is 1. The number of amides is 1. The number of carbonyl (C=O) groups excluding carboxylic acids is 1. The van der Waals surface area contributed by atoms with E-state index >= 15 is 0 Å². The van der Waals surface area contributed by atoms with E-state index in [-0.39, 0.29) is 11.7 Å². The van der Waals surface area contributed by atoms with Crippen molar-refractivity contribution in [3.63, 3.8) is 0 Å². The van der Waals surface area contributed by atoms with Gasteiger partial charge in [0.15, 0.2) is 0 Å². The van der Waals surface area contributed by atoms with Gasteiger partial charge < -0.3 is 20.6 Å². The summed E-state index contributed by atoms with van der Waals surface area (Å²) in [5.41, 5.74) is 5.40. The van der Waals surface area contributed by atoms with Crippen molar-refractivity contribution >= 4 is 11.7 Å². The number of rotatable bonds is 8. The molecule has 1 saturated carbocycles. The molecule has 0 spiro atoms. The summed E-state index contributed by atoms with van der Waals surface area (Å²) in [6.07, 6.45) is 2.92. The molecule has 1 amide bonds. The van der Waals surface area contributed by atoms with E-state index < -0.39 is 0 Å². The maximum absolute atomic E-state index is 11.9. The summed E-state index contributed by atoms with van der Waals surface area (Å²) in [5.74, 6) is 0.250. The normalized spacial score (nSPS) is 15.9. The summed E-state index contributed by atoms with van der Waals surface area (Å²) in [6, 6.07) is 0.343. The molecule has 0 atom stereocenters. The summed E-state index contributed by atoms with van der Waals surface area (Å²) in [6.45, 7) is 3.51. The second-order valence-corrected chi connectivity index (χ2v) is 4.11. The highest BCUT2D eigenvalue weighted by Crippen LogP contribution is 2.27. The van der Waals surface area contributed by atoms with Crippen LogP contribution in [0.4, 0.5) is 0 Å². The Hall–Kier alpha value is -1.30. The monoisotopic (exact) mass is 243 g/mol. The lowest BCUT2D eigenvalue weighted by atomic mass is 10.3. The molecule has 0 radical (unpaired) electrons. The van der Waals surface area contributed by atoms with Gasteiger partial charge in [0.2, 0.25) is 5.91 Å². The maximum atomic E-state index is 11.9. The van der Waals surface area contributed by atoms with Gasteiger partial charge >= 0.3 is 0 Å². The molecule has 6 heteroatoms.